The molecule has 1 aliphatic carbocycles. The zero-order valence-electron chi connectivity index (χ0n) is 10.1. The largest absolute Gasteiger partial charge is 0.330 e. The van der Waals surface area contributed by atoms with Gasteiger partial charge in [-0.05, 0) is 25.3 Å². The van der Waals surface area contributed by atoms with Gasteiger partial charge in [0.25, 0.3) is 0 Å². The molecule has 0 bridgehead atoms. The van der Waals surface area contributed by atoms with Crippen LogP contribution < -0.4 is 5.73 Å². The Balaban J connectivity index is 1.95. The Hall–Kier alpha value is -0.900. The van der Waals surface area contributed by atoms with Crippen molar-refractivity contribution < 1.29 is 0 Å². The molecule has 0 spiro atoms. The van der Waals surface area contributed by atoms with Crippen LogP contribution >= 0.6 is 0 Å². The summed E-state index contributed by atoms with van der Waals surface area (Å²) in [6.45, 7) is 2.85. The molecule has 4 heteroatoms. The van der Waals surface area contributed by atoms with E-state index in [4.69, 9.17) is 5.73 Å². The van der Waals surface area contributed by atoms with Crippen molar-refractivity contribution in [2.75, 3.05) is 6.54 Å². The first-order valence-electron chi connectivity index (χ1n) is 6.41. The van der Waals surface area contributed by atoms with E-state index < -0.39 is 0 Å². The molecule has 1 aromatic rings. The Morgan fingerprint density at radius 1 is 1.38 bits per heavy atom. The number of aromatic nitrogens is 3. The van der Waals surface area contributed by atoms with Crippen molar-refractivity contribution in [3.8, 4) is 0 Å². The number of nitrogens with one attached hydrogen (secondary N) is 1. The number of hydrogen-bond acceptors (Lipinski definition) is 3. The van der Waals surface area contributed by atoms with Gasteiger partial charge in [-0.25, -0.2) is 4.98 Å². The Morgan fingerprint density at radius 2 is 2.12 bits per heavy atom. The van der Waals surface area contributed by atoms with E-state index in [0.717, 1.165) is 18.1 Å². The van der Waals surface area contributed by atoms with Crippen LogP contribution in [0.25, 0.3) is 0 Å². The van der Waals surface area contributed by atoms with E-state index in [1.54, 1.807) is 0 Å². The van der Waals surface area contributed by atoms with Gasteiger partial charge < -0.3 is 5.73 Å². The summed E-state index contributed by atoms with van der Waals surface area (Å²) in [7, 11) is 0. The average Bonchev–Trinajstić information content (AvgIpc) is 2.78. The number of nitrogens with zero attached hydrogens (tertiary/aromatic N) is 2. The minimum absolute atomic E-state index is 0.479. The summed E-state index contributed by atoms with van der Waals surface area (Å²) in [5.41, 5.74) is 5.61. The number of rotatable bonds is 4. The lowest BCUT2D eigenvalue weighted by Crippen LogP contribution is -2.14. The Kier molecular flexibility index (Phi) is 3.93. The minimum atomic E-state index is 0.479. The van der Waals surface area contributed by atoms with Crippen molar-refractivity contribution in [3.63, 3.8) is 0 Å². The summed E-state index contributed by atoms with van der Waals surface area (Å²) in [4.78, 5) is 4.60. The maximum absolute atomic E-state index is 5.61. The van der Waals surface area contributed by atoms with Gasteiger partial charge in [0.15, 0.2) is 5.82 Å². The second kappa shape index (κ2) is 5.43. The Labute approximate surface area is 97.0 Å². The molecule has 90 valence electrons. The highest BCUT2D eigenvalue weighted by molar-refractivity contribution is 4.99. The number of hydrogen-bond donors (Lipinski definition) is 2. The molecule has 1 aromatic heterocycles. The van der Waals surface area contributed by atoms with Crippen molar-refractivity contribution >= 4 is 0 Å². The lowest BCUT2D eigenvalue weighted by molar-refractivity contribution is 0.429. The first-order valence-corrected chi connectivity index (χ1v) is 6.41. The van der Waals surface area contributed by atoms with Gasteiger partial charge in [0.05, 0.1) is 0 Å². The number of nitrogens with two attached hydrogens (primary N) is 1. The quantitative estimate of drug-likeness (QED) is 0.818. The van der Waals surface area contributed by atoms with Crippen LogP contribution in [0.15, 0.2) is 0 Å². The average molecular weight is 222 g/mol. The molecule has 3 N–H and O–H groups in total. The molecule has 0 amide bonds. The molecular formula is C12H22N4. The molecule has 0 radical (unpaired) electrons. The molecule has 1 unspecified atom stereocenters. The van der Waals surface area contributed by atoms with E-state index in [2.05, 4.69) is 22.1 Å². The normalized spacial score (nSPS) is 19.9. The zero-order valence-corrected chi connectivity index (χ0v) is 10.1. The van der Waals surface area contributed by atoms with Crippen LogP contribution in [0.4, 0.5) is 0 Å². The molecule has 1 saturated carbocycles. The van der Waals surface area contributed by atoms with E-state index in [1.165, 1.54) is 32.1 Å². The van der Waals surface area contributed by atoms with Gasteiger partial charge in [0, 0.05) is 12.3 Å². The SMILES string of the molecule is CC(CN)Cc1nc(C2CCCCC2)n[nH]1. The summed E-state index contributed by atoms with van der Waals surface area (Å²) in [5, 5.41) is 7.40. The highest BCUT2D eigenvalue weighted by Gasteiger charge is 2.19. The van der Waals surface area contributed by atoms with Gasteiger partial charge in [-0.15, -0.1) is 0 Å². The fourth-order valence-electron chi connectivity index (χ4n) is 2.36. The third-order valence-electron chi connectivity index (χ3n) is 3.46. The van der Waals surface area contributed by atoms with Gasteiger partial charge in [0.2, 0.25) is 0 Å². The van der Waals surface area contributed by atoms with Crippen LogP contribution in [0.3, 0.4) is 0 Å². The Bertz CT molecular complexity index is 315. The Morgan fingerprint density at radius 3 is 2.81 bits per heavy atom. The first kappa shape index (κ1) is 11.6. The van der Waals surface area contributed by atoms with Crippen LogP contribution in [0.5, 0.6) is 0 Å². The van der Waals surface area contributed by atoms with Crippen LogP contribution in [0.1, 0.15) is 56.6 Å². The smallest absolute Gasteiger partial charge is 0.153 e. The molecule has 0 aromatic carbocycles. The summed E-state index contributed by atoms with van der Waals surface area (Å²) < 4.78 is 0. The minimum Gasteiger partial charge on any atom is -0.330 e. The topological polar surface area (TPSA) is 67.6 Å². The third kappa shape index (κ3) is 2.82. The second-order valence-corrected chi connectivity index (χ2v) is 5.02. The van der Waals surface area contributed by atoms with Crippen LogP contribution in [0, 0.1) is 5.92 Å². The van der Waals surface area contributed by atoms with Gasteiger partial charge in [-0.3, -0.25) is 5.10 Å². The molecule has 1 heterocycles. The summed E-state index contributed by atoms with van der Waals surface area (Å²) in [5.74, 6) is 3.09. The molecule has 4 nitrogen and oxygen atoms in total. The van der Waals surface area contributed by atoms with E-state index in [-0.39, 0.29) is 0 Å². The lowest BCUT2D eigenvalue weighted by atomic mass is 9.89. The number of H-pyrrole nitrogens is 1. The van der Waals surface area contributed by atoms with Gasteiger partial charge in [0.1, 0.15) is 5.82 Å². The molecule has 0 aliphatic heterocycles. The van der Waals surface area contributed by atoms with Crippen molar-refractivity contribution in [1.29, 1.82) is 0 Å². The zero-order chi connectivity index (χ0) is 11.4. The third-order valence-corrected chi connectivity index (χ3v) is 3.46. The second-order valence-electron chi connectivity index (χ2n) is 5.02. The summed E-state index contributed by atoms with van der Waals surface area (Å²) in [6, 6.07) is 0. The highest BCUT2D eigenvalue weighted by Crippen LogP contribution is 2.30. The lowest BCUT2D eigenvalue weighted by Gasteiger charge is -2.18. The summed E-state index contributed by atoms with van der Waals surface area (Å²) in [6.07, 6.45) is 7.45. The molecule has 1 aliphatic rings. The van der Waals surface area contributed by atoms with Crippen molar-refractivity contribution in [1.82, 2.24) is 15.2 Å². The molecular weight excluding hydrogens is 200 g/mol. The van der Waals surface area contributed by atoms with Crippen molar-refractivity contribution in [3.05, 3.63) is 11.6 Å². The van der Waals surface area contributed by atoms with Crippen LogP contribution in [-0.4, -0.2) is 21.7 Å². The molecule has 16 heavy (non-hydrogen) atoms. The maximum atomic E-state index is 5.61. The standard InChI is InChI=1S/C12H22N4/c1-9(8-13)7-11-14-12(16-15-11)10-5-3-2-4-6-10/h9-10H,2-8,13H2,1H3,(H,14,15,16). The van der Waals surface area contributed by atoms with E-state index in [0.29, 0.717) is 18.4 Å². The van der Waals surface area contributed by atoms with Crippen molar-refractivity contribution in [2.45, 2.75) is 51.4 Å². The van der Waals surface area contributed by atoms with Crippen molar-refractivity contribution in [2.24, 2.45) is 11.7 Å². The highest BCUT2D eigenvalue weighted by atomic mass is 15.2. The van der Waals surface area contributed by atoms with E-state index in [1.807, 2.05) is 0 Å². The van der Waals surface area contributed by atoms with Gasteiger partial charge in [-0.1, -0.05) is 26.2 Å². The van der Waals surface area contributed by atoms with Gasteiger partial charge in [-0.2, -0.15) is 5.10 Å². The molecule has 1 fully saturated rings. The van der Waals surface area contributed by atoms with Crippen LogP contribution in [-0.2, 0) is 6.42 Å². The number of aromatic amines is 1. The molecule has 2 rings (SSSR count). The fourth-order valence-corrected chi connectivity index (χ4v) is 2.36. The summed E-state index contributed by atoms with van der Waals surface area (Å²) >= 11 is 0. The van der Waals surface area contributed by atoms with Gasteiger partial charge >= 0.3 is 0 Å². The predicted molar refractivity (Wildman–Crippen MR) is 64.1 cm³/mol. The first-order chi connectivity index (χ1) is 7.79. The monoisotopic (exact) mass is 222 g/mol. The van der Waals surface area contributed by atoms with E-state index >= 15 is 0 Å². The molecule has 0 saturated heterocycles. The fraction of sp³-hybridized carbons (Fsp3) is 0.833. The van der Waals surface area contributed by atoms with E-state index in [9.17, 15) is 0 Å². The van der Waals surface area contributed by atoms with Crippen LogP contribution in [0.2, 0.25) is 0 Å². The predicted octanol–water partition coefficient (Wildman–Crippen LogP) is 1.99. The maximum Gasteiger partial charge on any atom is 0.153 e. The molecule has 1 atom stereocenters.